The second-order valence-electron chi connectivity index (χ2n) is 6.00. The third kappa shape index (κ3) is 2.49. The highest BCUT2D eigenvalue weighted by molar-refractivity contribution is 7.15. The zero-order valence-corrected chi connectivity index (χ0v) is 13.4. The van der Waals surface area contributed by atoms with Crippen LogP contribution in [0.4, 0.5) is 5.95 Å². The molecule has 2 aliphatic heterocycles. The van der Waals surface area contributed by atoms with E-state index in [9.17, 15) is 0 Å². The molecular weight excluding hydrogens is 298 g/mol. The number of nitrogens with zero attached hydrogens (tertiary/aromatic N) is 4. The summed E-state index contributed by atoms with van der Waals surface area (Å²) in [6.07, 6.45) is 4.10. The topological polar surface area (TPSA) is 77.2 Å². The molecule has 0 radical (unpaired) electrons. The number of thiazole rings is 1. The third-order valence-electron chi connectivity index (χ3n) is 4.38. The molecule has 2 aliphatic rings. The number of hydrogen-bond donors (Lipinski definition) is 1. The standard InChI is InChI=1S/C15H19N5OS/c1-20-4-2-9(3-5-20)14-18-11-8-21-7-10-6-17-15(16)19-12(10)13(11)22-14/h6,9H,2-5,7-8H2,1H3,(H2,16,17,19). The van der Waals surface area contributed by atoms with Crippen molar-refractivity contribution >= 4 is 17.3 Å². The minimum absolute atomic E-state index is 0.306. The predicted octanol–water partition coefficient (Wildman–Crippen LogP) is 2.02. The summed E-state index contributed by atoms with van der Waals surface area (Å²) < 4.78 is 5.72. The van der Waals surface area contributed by atoms with E-state index in [0.717, 1.165) is 34.9 Å². The number of piperidine rings is 1. The molecule has 1 fully saturated rings. The Balaban J connectivity index is 1.72. The molecule has 2 aromatic heterocycles. The summed E-state index contributed by atoms with van der Waals surface area (Å²) in [5.74, 6) is 0.858. The minimum atomic E-state index is 0.306. The van der Waals surface area contributed by atoms with E-state index in [0.29, 0.717) is 25.1 Å². The molecule has 2 N–H and O–H groups in total. The summed E-state index contributed by atoms with van der Waals surface area (Å²) in [6.45, 7) is 3.32. The molecule has 0 bridgehead atoms. The average Bonchev–Trinajstić information content (AvgIpc) is 2.86. The molecule has 0 spiro atoms. The van der Waals surface area contributed by atoms with Crippen molar-refractivity contribution in [3.05, 3.63) is 22.5 Å². The molecule has 0 atom stereocenters. The lowest BCUT2D eigenvalue weighted by atomic mass is 9.98. The molecule has 22 heavy (non-hydrogen) atoms. The molecule has 1 saturated heterocycles. The van der Waals surface area contributed by atoms with Gasteiger partial charge in [0.05, 0.1) is 34.5 Å². The van der Waals surface area contributed by atoms with Crippen LogP contribution in [0.5, 0.6) is 0 Å². The van der Waals surface area contributed by atoms with Crippen LogP contribution in [0, 0.1) is 0 Å². The van der Waals surface area contributed by atoms with Gasteiger partial charge >= 0.3 is 0 Å². The highest BCUT2D eigenvalue weighted by atomic mass is 32.1. The average molecular weight is 317 g/mol. The van der Waals surface area contributed by atoms with Gasteiger partial charge in [0.2, 0.25) is 5.95 Å². The number of nitrogen functional groups attached to an aromatic ring is 1. The zero-order valence-electron chi connectivity index (χ0n) is 12.6. The van der Waals surface area contributed by atoms with Crippen molar-refractivity contribution in [2.75, 3.05) is 25.9 Å². The van der Waals surface area contributed by atoms with Crippen LogP contribution < -0.4 is 5.73 Å². The van der Waals surface area contributed by atoms with Crippen LogP contribution in [0.15, 0.2) is 6.20 Å². The van der Waals surface area contributed by atoms with Crippen LogP contribution in [0.2, 0.25) is 0 Å². The Labute approximate surface area is 133 Å². The van der Waals surface area contributed by atoms with Crippen LogP contribution in [-0.4, -0.2) is 40.0 Å². The first kappa shape index (κ1) is 14.0. The molecule has 7 heteroatoms. The van der Waals surface area contributed by atoms with E-state index in [1.807, 2.05) is 0 Å². The van der Waals surface area contributed by atoms with Gasteiger partial charge < -0.3 is 15.4 Å². The number of likely N-dealkylation sites (tertiary alicyclic amines) is 1. The van der Waals surface area contributed by atoms with Gasteiger partial charge in [0.15, 0.2) is 0 Å². The summed E-state index contributed by atoms with van der Waals surface area (Å²) in [6, 6.07) is 0. The van der Waals surface area contributed by atoms with Crippen LogP contribution in [0.25, 0.3) is 10.6 Å². The van der Waals surface area contributed by atoms with E-state index in [4.69, 9.17) is 15.5 Å². The van der Waals surface area contributed by atoms with Gasteiger partial charge in [-0.3, -0.25) is 0 Å². The molecular formula is C15H19N5OS. The van der Waals surface area contributed by atoms with Gasteiger partial charge in [-0.05, 0) is 33.0 Å². The molecule has 2 aromatic rings. The van der Waals surface area contributed by atoms with Crippen LogP contribution in [0.3, 0.4) is 0 Å². The van der Waals surface area contributed by atoms with E-state index in [-0.39, 0.29) is 0 Å². The fourth-order valence-electron chi connectivity index (χ4n) is 3.06. The first-order valence-electron chi connectivity index (χ1n) is 7.58. The van der Waals surface area contributed by atoms with Crippen LogP contribution in [0.1, 0.15) is 35.0 Å². The molecule has 116 valence electrons. The summed E-state index contributed by atoms with van der Waals surface area (Å²) in [5.41, 5.74) is 8.66. The predicted molar refractivity (Wildman–Crippen MR) is 85.5 cm³/mol. The van der Waals surface area contributed by atoms with Crippen LogP contribution in [-0.2, 0) is 18.0 Å². The van der Waals surface area contributed by atoms with Gasteiger partial charge in [0, 0.05) is 17.7 Å². The Hall–Kier alpha value is -1.57. The summed E-state index contributed by atoms with van der Waals surface area (Å²) in [4.78, 5) is 16.9. The van der Waals surface area contributed by atoms with Gasteiger partial charge in [0.25, 0.3) is 0 Å². The number of fused-ring (bicyclic) bond motifs is 3. The fourth-order valence-corrected chi connectivity index (χ4v) is 4.33. The number of nitrogens with two attached hydrogens (primary N) is 1. The summed E-state index contributed by atoms with van der Waals surface area (Å²) in [7, 11) is 2.18. The second-order valence-corrected chi connectivity index (χ2v) is 7.03. The maximum absolute atomic E-state index is 5.77. The quantitative estimate of drug-likeness (QED) is 0.867. The summed E-state index contributed by atoms with van der Waals surface area (Å²) in [5, 5.41) is 1.21. The van der Waals surface area contributed by atoms with E-state index in [1.165, 1.54) is 17.8 Å². The fraction of sp³-hybridized carbons (Fsp3) is 0.533. The van der Waals surface area contributed by atoms with Crippen molar-refractivity contribution in [2.24, 2.45) is 0 Å². The van der Waals surface area contributed by atoms with Gasteiger partial charge in [0.1, 0.15) is 0 Å². The zero-order chi connectivity index (χ0) is 15.1. The smallest absolute Gasteiger partial charge is 0.220 e. The van der Waals surface area contributed by atoms with Crippen molar-refractivity contribution < 1.29 is 4.74 Å². The molecule has 0 unspecified atom stereocenters. The van der Waals surface area contributed by atoms with Crippen molar-refractivity contribution in [2.45, 2.75) is 32.0 Å². The van der Waals surface area contributed by atoms with E-state index < -0.39 is 0 Å². The monoisotopic (exact) mass is 317 g/mol. The van der Waals surface area contributed by atoms with Crippen molar-refractivity contribution in [1.82, 2.24) is 19.9 Å². The Morgan fingerprint density at radius 1 is 1.27 bits per heavy atom. The molecule has 0 saturated carbocycles. The number of aromatic nitrogens is 3. The van der Waals surface area contributed by atoms with Gasteiger partial charge in [-0.1, -0.05) is 0 Å². The lowest BCUT2D eigenvalue weighted by molar-refractivity contribution is 0.107. The highest BCUT2D eigenvalue weighted by Crippen LogP contribution is 2.39. The molecule has 4 heterocycles. The minimum Gasteiger partial charge on any atom is -0.370 e. The normalized spacial score (nSPS) is 19.5. The number of anilines is 1. The second kappa shape index (κ2) is 5.57. The molecule has 6 nitrogen and oxygen atoms in total. The van der Waals surface area contributed by atoms with Crippen LogP contribution >= 0.6 is 11.3 Å². The first-order valence-corrected chi connectivity index (χ1v) is 8.40. The first-order chi connectivity index (χ1) is 10.7. The lowest BCUT2D eigenvalue weighted by Crippen LogP contribution is -2.29. The Bertz CT molecular complexity index is 693. The SMILES string of the molecule is CN1CCC(c2nc3c(s2)-c2nc(N)ncc2COC3)CC1. The highest BCUT2D eigenvalue weighted by Gasteiger charge is 2.26. The lowest BCUT2D eigenvalue weighted by Gasteiger charge is -2.27. The Morgan fingerprint density at radius 3 is 2.91 bits per heavy atom. The van der Waals surface area contributed by atoms with Gasteiger partial charge in [-0.2, -0.15) is 0 Å². The van der Waals surface area contributed by atoms with Crippen molar-refractivity contribution in [3.63, 3.8) is 0 Å². The molecule has 0 aliphatic carbocycles. The van der Waals surface area contributed by atoms with E-state index in [2.05, 4.69) is 21.9 Å². The third-order valence-corrected chi connectivity index (χ3v) is 5.64. The Morgan fingerprint density at radius 2 is 2.09 bits per heavy atom. The molecule has 0 aromatic carbocycles. The number of hydrogen-bond acceptors (Lipinski definition) is 7. The van der Waals surface area contributed by atoms with E-state index >= 15 is 0 Å². The number of rotatable bonds is 1. The Kier molecular flexibility index (Phi) is 3.56. The van der Waals surface area contributed by atoms with Crippen molar-refractivity contribution in [1.29, 1.82) is 0 Å². The maximum atomic E-state index is 5.77. The van der Waals surface area contributed by atoms with Crippen molar-refractivity contribution in [3.8, 4) is 10.6 Å². The number of ether oxygens (including phenoxy) is 1. The largest absolute Gasteiger partial charge is 0.370 e. The summed E-state index contributed by atoms with van der Waals surface area (Å²) >= 11 is 1.75. The van der Waals surface area contributed by atoms with Gasteiger partial charge in [-0.25, -0.2) is 15.0 Å². The molecule has 0 amide bonds. The van der Waals surface area contributed by atoms with E-state index in [1.54, 1.807) is 17.5 Å². The van der Waals surface area contributed by atoms with Gasteiger partial charge in [-0.15, -0.1) is 11.3 Å². The maximum Gasteiger partial charge on any atom is 0.220 e. The molecule has 4 rings (SSSR count).